The Morgan fingerprint density at radius 1 is 1.09 bits per heavy atom. The average molecular weight is 320 g/mol. The van der Waals surface area contributed by atoms with E-state index in [1.54, 1.807) is 38.4 Å². The van der Waals surface area contributed by atoms with E-state index in [4.69, 9.17) is 0 Å². The monoisotopic (exact) mass is 320 g/mol. The minimum atomic E-state index is -0.502. The third kappa shape index (κ3) is 6.82. The summed E-state index contributed by atoms with van der Waals surface area (Å²) < 4.78 is 0. The number of nitrogens with zero attached hydrogens (tertiary/aromatic N) is 1. The van der Waals surface area contributed by atoms with Gasteiger partial charge < -0.3 is 15.5 Å². The van der Waals surface area contributed by atoms with Crippen molar-refractivity contribution in [1.29, 1.82) is 0 Å². The minimum Gasteiger partial charge on any atom is -0.376 e. The highest BCUT2D eigenvalue weighted by Gasteiger charge is 2.09. The molecule has 0 aliphatic carbocycles. The normalized spacial score (nSPS) is 10.1. The zero-order chi connectivity index (χ0) is 17.4. The first-order valence-electron chi connectivity index (χ1n) is 7.43. The van der Waals surface area contributed by atoms with Crippen LogP contribution in [0.5, 0.6) is 0 Å². The standard InChI is InChI=1S/C16H24N4O3/c1-11(2)9-18-16(23)19-14(21)10-17-13-7-5-12(6-8-13)15(22)20(3)4/h5-8,11,17H,9-10H2,1-4H3,(H2,18,19,21,23). The molecule has 0 aliphatic heterocycles. The third-order valence-electron chi connectivity index (χ3n) is 2.91. The second-order valence-electron chi connectivity index (χ2n) is 5.78. The molecule has 3 N–H and O–H groups in total. The summed E-state index contributed by atoms with van der Waals surface area (Å²) in [5.41, 5.74) is 1.26. The van der Waals surface area contributed by atoms with Crippen LogP contribution >= 0.6 is 0 Å². The lowest BCUT2D eigenvalue weighted by Crippen LogP contribution is -2.43. The Hall–Kier alpha value is -2.57. The number of imide groups is 1. The maximum absolute atomic E-state index is 11.7. The Balaban J connectivity index is 2.41. The van der Waals surface area contributed by atoms with Gasteiger partial charge in [-0.1, -0.05) is 13.8 Å². The Kier molecular flexibility index (Phi) is 7.05. The van der Waals surface area contributed by atoms with Gasteiger partial charge in [0.1, 0.15) is 0 Å². The van der Waals surface area contributed by atoms with Crippen LogP contribution in [0, 0.1) is 5.92 Å². The molecule has 0 saturated heterocycles. The summed E-state index contributed by atoms with van der Waals surface area (Å²) in [4.78, 5) is 36.3. The number of carbonyl (C=O) groups is 3. The summed E-state index contributed by atoms with van der Waals surface area (Å²) in [7, 11) is 3.37. The maximum Gasteiger partial charge on any atom is 0.321 e. The van der Waals surface area contributed by atoms with Crippen molar-refractivity contribution in [2.45, 2.75) is 13.8 Å². The fraction of sp³-hybridized carbons (Fsp3) is 0.438. The Morgan fingerprint density at radius 3 is 2.22 bits per heavy atom. The van der Waals surface area contributed by atoms with Crippen molar-refractivity contribution in [3.05, 3.63) is 29.8 Å². The molecule has 126 valence electrons. The van der Waals surface area contributed by atoms with Crippen molar-refractivity contribution in [3.63, 3.8) is 0 Å². The molecule has 0 saturated carbocycles. The lowest BCUT2D eigenvalue weighted by atomic mass is 10.2. The second kappa shape index (κ2) is 8.77. The van der Waals surface area contributed by atoms with Gasteiger partial charge in [0.15, 0.2) is 0 Å². The van der Waals surface area contributed by atoms with Gasteiger partial charge in [-0.05, 0) is 30.2 Å². The van der Waals surface area contributed by atoms with Gasteiger partial charge in [-0.25, -0.2) is 4.79 Å². The number of rotatable bonds is 6. The third-order valence-corrected chi connectivity index (χ3v) is 2.91. The van der Waals surface area contributed by atoms with Crippen LogP contribution in [0.25, 0.3) is 0 Å². The van der Waals surface area contributed by atoms with Gasteiger partial charge in [-0.2, -0.15) is 0 Å². The summed E-state index contributed by atoms with van der Waals surface area (Å²) in [6.45, 7) is 4.41. The van der Waals surface area contributed by atoms with E-state index in [-0.39, 0.29) is 12.5 Å². The number of nitrogens with one attached hydrogen (secondary N) is 3. The second-order valence-corrected chi connectivity index (χ2v) is 5.78. The fourth-order valence-corrected chi connectivity index (χ4v) is 1.68. The molecule has 0 unspecified atom stereocenters. The first-order valence-corrected chi connectivity index (χ1v) is 7.43. The number of benzene rings is 1. The molecule has 1 rings (SSSR count). The first-order chi connectivity index (χ1) is 10.8. The van der Waals surface area contributed by atoms with E-state index in [2.05, 4.69) is 16.0 Å². The van der Waals surface area contributed by atoms with Crippen LogP contribution < -0.4 is 16.0 Å². The fourth-order valence-electron chi connectivity index (χ4n) is 1.68. The van der Waals surface area contributed by atoms with Gasteiger partial charge in [0.2, 0.25) is 5.91 Å². The van der Waals surface area contributed by atoms with Crippen molar-refractivity contribution in [2.75, 3.05) is 32.5 Å². The average Bonchev–Trinajstić information content (AvgIpc) is 2.50. The molecule has 7 heteroatoms. The predicted octanol–water partition coefficient (Wildman–Crippen LogP) is 1.28. The number of amides is 4. The van der Waals surface area contributed by atoms with Crippen molar-refractivity contribution in [1.82, 2.24) is 15.5 Å². The largest absolute Gasteiger partial charge is 0.376 e. The number of urea groups is 1. The summed E-state index contributed by atoms with van der Waals surface area (Å²) in [6, 6.07) is 6.28. The zero-order valence-corrected chi connectivity index (χ0v) is 14.0. The van der Waals surface area contributed by atoms with Crippen molar-refractivity contribution in [3.8, 4) is 0 Å². The molecule has 0 aromatic heterocycles. The Labute approximate surface area is 136 Å². The quantitative estimate of drug-likeness (QED) is 0.736. The van der Waals surface area contributed by atoms with Crippen molar-refractivity contribution >= 4 is 23.5 Å². The van der Waals surface area contributed by atoms with Crippen LogP contribution in [0.4, 0.5) is 10.5 Å². The minimum absolute atomic E-state index is 0.0317. The summed E-state index contributed by atoms with van der Waals surface area (Å²) in [5, 5.41) is 7.73. The van der Waals surface area contributed by atoms with E-state index in [1.807, 2.05) is 13.8 Å². The molecular weight excluding hydrogens is 296 g/mol. The van der Waals surface area contributed by atoms with E-state index in [1.165, 1.54) is 4.90 Å². The van der Waals surface area contributed by atoms with E-state index in [0.717, 1.165) is 0 Å². The molecule has 0 bridgehead atoms. The molecule has 23 heavy (non-hydrogen) atoms. The molecule has 0 aliphatic rings. The van der Waals surface area contributed by atoms with Gasteiger partial charge in [0, 0.05) is 31.9 Å². The van der Waals surface area contributed by atoms with Gasteiger partial charge in [0.05, 0.1) is 6.54 Å². The summed E-state index contributed by atoms with van der Waals surface area (Å²) >= 11 is 0. The van der Waals surface area contributed by atoms with Crippen LogP contribution in [0.2, 0.25) is 0 Å². The highest BCUT2D eigenvalue weighted by molar-refractivity contribution is 5.96. The maximum atomic E-state index is 11.7. The van der Waals surface area contributed by atoms with Crippen molar-refractivity contribution in [2.24, 2.45) is 5.92 Å². The van der Waals surface area contributed by atoms with Crippen molar-refractivity contribution < 1.29 is 14.4 Å². The predicted molar refractivity (Wildman–Crippen MR) is 89.3 cm³/mol. The Bertz CT molecular complexity index is 553. The molecule has 0 radical (unpaired) electrons. The van der Waals surface area contributed by atoms with Crippen LogP contribution in [-0.2, 0) is 4.79 Å². The molecular formula is C16H24N4O3. The van der Waals surface area contributed by atoms with Gasteiger partial charge in [-0.15, -0.1) is 0 Å². The zero-order valence-electron chi connectivity index (χ0n) is 14.0. The van der Waals surface area contributed by atoms with E-state index in [0.29, 0.717) is 23.7 Å². The highest BCUT2D eigenvalue weighted by atomic mass is 16.2. The van der Waals surface area contributed by atoms with E-state index >= 15 is 0 Å². The van der Waals surface area contributed by atoms with Gasteiger partial charge in [-0.3, -0.25) is 14.9 Å². The summed E-state index contributed by atoms with van der Waals surface area (Å²) in [6.07, 6.45) is 0. The number of anilines is 1. The van der Waals surface area contributed by atoms with E-state index in [9.17, 15) is 14.4 Å². The number of hydrogen-bond donors (Lipinski definition) is 3. The number of hydrogen-bond acceptors (Lipinski definition) is 4. The lowest BCUT2D eigenvalue weighted by Gasteiger charge is -2.11. The van der Waals surface area contributed by atoms with Crippen LogP contribution in [0.15, 0.2) is 24.3 Å². The number of carbonyl (C=O) groups excluding carboxylic acids is 3. The van der Waals surface area contributed by atoms with Crippen LogP contribution in [0.1, 0.15) is 24.2 Å². The van der Waals surface area contributed by atoms with E-state index < -0.39 is 11.9 Å². The molecule has 0 spiro atoms. The lowest BCUT2D eigenvalue weighted by molar-refractivity contribution is -0.118. The molecule has 0 fully saturated rings. The molecule has 4 amide bonds. The first kappa shape index (κ1) is 18.5. The van der Waals surface area contributed by atoms with Crippen LogP contribution in [0.3, 0.4) is 0 Å². The molecule has 1 aromatic carbocycles. The molecule has 0 atom stereocenters. The molecule has 1 aromatic rings. The summed E-state index contributed by atoms with van der Waals surface area (Å²) in [5.74, 6) is -0.201. The highest BCUT2D eigenvalue weighted by Crippen LogP contribution is 2.10. The SMILES string of the molecule is CC(C)CNC(=O)NC(=O)CNc1ccc(C(=O)N(C)C)cc1. The molecule has 7 nitrogen and oxygen atoms in total. The molecule has 0 heterocycles. The van der Waals surface area contributed by atoms with Gasteiger partial charge >= 0.3 is 6.03 Å². The Morgan fingerprint density at radius 2 is 1.70 bits per heavy atom. The van der Waals surface area contributed by atoms with Gasteiger partial charge in [0.25, 0.3) is 5.91 Å². The van der Waals surface area contributed by atoms with Crippen LogP contribution in [-0.4, -0.2) is 49.9 Å². The topological polar surface area (TPSA) is 90.5 Å². The smallest absolute Gasteiger partial charge is 0.321 e.